The number of hydrogen-bond donors (Lipinski definition) is 0. The second-order valence-electron chi connectivity index (χ2n) is 4.68. The molecule has 3 rings (SSSR count). The quantitative estimate of drug-likeness (QED) is 0.623. The number of imidazole rings is 1. The van der Waals surface area contributed by atoms with Gasteiger partial charge in [-0.15, -0.1) is 0 Å². The Labute approximate surface area is 111 Å². The molecule has 0 radical (unpaired) electrons. The number of fused-ring (bicyclic) bond motifs is 1. The summed E-state index contributed by atoms with van der Waals surface area (Å²) in [6, 6.07) is 3.76. The van der Waals surface area contributed by atoms with Gasteiger partial charge in [-0.2, -0.15) is 0 Å². The molecule has 0 unspecified atom stereocenters. The van der Waals surface area contributed by atoms with Gasteiger partial charge in [0.1, 0.15) is 11.5 Å². The number of hydrogen-bond acceptors (Lipinski definition) is 3. The number of nitrogens with zero attached hydrogens (tertiary/aromatic N) is 3. The van der Waals surface area contributed by atoms with Crippen molar-refractivity contribution >= 4 is 11.9 Å². The highest BCUT2D eigenvalue weighted by Crippen LogP contribution is 2.15. The molecule has 1 aliphatic heterocycles. The van der Waals surface area contributed by atoms with Gasteiger partial charge in [0.25, 0.3) is 0 Å². The van der Waals surface area contributed by atoms with E-state index >= 15 is 0 Å². The van der Waals surface area contributed by atoms with Crippen molar-refractivity contribution in [3.8, 4) is 0 Å². The van der Waals surface area contributed by atoms with E-state index in [-0.39, 0.29) is 5.78 Å². The number of allylic oxidation sites excluding steroid dienone is 1. The maximum atomic E-state index is 12.1. The summed E-state index contributed by atoms with van der Waals surface area (Å²) in [4.78, 5) is 20.5. The smallest absolute Gasteiger partial charge is 0.205 e. The molecular formula is C15H15N3O. The molecule has 0 saturated heterocycles. The van der Waals surface area contributed by atoms with E-state index in [1.165, 1.54) is 6.42 Å². The van der Waals surface area contributed by atoms with E-state index in [0.717, 1.165) is 30.8 Å². The van der Waals surface area contributed by atoms with Crippen LogP contribution in [0.5, 0.6) is 0 Å². The molecule has 2 aromatic heterocycles. The summed E-state index contributed by atoms with van der Waals surface area (Å²) in [6.45, 7) is 0.974. The van der Waals surface area contributed by atoms with Crippen LogP contribution < -0.4 is 0 Å². The number of carbonyl (C=O) groups is 1. The molecule has 0 N–H and O–H groups in total. The van der Waals surface area contributed by atoms with Crippen molar-refractivity contribution in [2.45, 2.75) is 25.8 Å². The standard InChI is InChI=1S/C15H15N3O/c19-14(7-6-12-4-3-8-16-10-12)13-11-18-9-2-1-5-15(18)17-13/h3-4,6-8,10-11H,1-2,5,9H2. The Morgan fingerprint density at radius 1 is 1.37 bits per heavy atom. The Hall–Kier alpha value is -2.23. The SMILES string of the molecule is O=C(C=Cc1cccnc1)c1cn2c(n1)CCCC2. The Morgan fingerprint density at radius 2 is 2.32 bits per heavy atom. The third kappa shape index (κ3) is 2.62. The molecule has 4 nitrogen and oxygen atoms in total. The van der Waals surface area contributed by atoms with Crippen LogP contribution in [0.15, 0.2) is 36.8 Å². The zero-order valence-electron chi connectivity index (χ0n) is 10.6. The minimum Gasteiger partial charge on any atom is -0.334 e. The number of pyridine rings is 1. The van der Waals surface area contributed by atoms with Gasteiger partial charge in [0.2, 0.25) is 5.78 Å². The number of rotatable bonds is 3. The van der Waals surface area contributed by atoms with Gasteiger partial charge in [-0.25, -0.2) is 4.98 Å². The first-order valence-electron chi connectivity index (χ1n) is 6.51. The van der Waals surface area contributed by atoms with E-state index in [2.05, 4.69) is 14.5 Å². The van der Waals surface area contributed by atoms with Crippen molar-refractivity contribution in [2.24, 2.45) is 0 Å². The zero-order chi connectivity index (χ0) is 13.1. The van der Waals surface area contributed by atoms with Gasteiger partial charge in [0.15, 0.2) is 0 Å². The van der Waals surface area contributed by atoms with Crippen LogP contribution in [-0.2, 0) is 13.0 Å². The first kappa shape index (κ1) is 11.8. The summed E-state index contributed by atoms with van der Waals surface area (Å²) in [6.07, 6.45) is 11.9. The highest BCUT2D eigenvalue weighted by molar-refractivity contribution is 6.05. The number of carbonyl (C=O) groups excluding carboxylic acids is 1. The molecule has 0 amide bonds. The van der Waals surface area contributed by atoms with Gasteiger partial charge in [-0.05, 0) is 36.6 Å². The van der Waals surface area contributed by atoms with E-state index in [1.54, 1.807) is 24.5 Å². The highest BCUT2D eigenvalue weighted by Gasteiger charge is 2.14. The largest absolute Gasteiger partial charge is 0.334 e. The fraction of sp³-hybridized carbons (Fsp3) is 0.267. The van der Waals surface area contributed by atoms with Crippen LogP contribution in [0.3, 0.4) is 0 Å². The number of ketones is 1. The summed E-state index contributed by atoms with van der Waals surface area (Å²) in [5.41, 5.74) is 1.46. The van der Waals surface area contributed by atoms with Crippen LogP contribution >= 0.6 is 0 Å². The van der Waals surface area contributed by atoms with Crippen LogP contribution in [0.2, 0.25) is 0 Å². The van der Waals surface area contributed by atoms with E-state index in [9.17, 15) is 4.79 Å². The molecule has 3 heterocycles. The van der Waals surface area contributed by atoms with E-state index in [4.69, 9.17) is 0 Å². The predicted octanol–water partition coefficient (Wildman–Crippen LogP) is 2.51. The van der Waals surface area contributed by atoms with Crippen LogP contribution in [0, 0.1) is 0 Å². The molecule has 1 aliphatic rings. The summed E-state index contributed by atoms with van der Waals surface area (Å²) in [5.74, 6) is 0.982. The van der Waals surface area contributed by atoms with Gasteiger partial charge in [-0.3, -0.25) is 9.78 Å². The highest BCUT2D eigenvalue weighted by atomic mass is 16.1. The minimum atomic E-state index is -0.0502. The maximum Gasteiger partial charge on any atom is 0.205 e. The lowest BCUT2D eigenvalue weighted by molar-refractivity contribution is 0.104. The van der Waals surface area contributed by atoms with E-state index in [0.29, 0.717) is 5.69 Å². The van der Waals surface area contributed by atoms with Crippen molar-refractivity contribution < 1.29 is 4.79 Å². The molecular weight excluding hydrogens is 238 g/mol. The minimum absolute atomic E-state index is 0.0502. The Bertz CT molecular complexity index is 590. The Kier molecular flexibility index (Phi) is 3.23. The second kappa shape index (κ2) is 5.18. The zero-order valence-corrected chi connectivity index (χ0v) is 10.6. The van der Waals surface area contributed by atoms with Crippen molar-refractivity contribution in [1.29, 1.82) is 0 Å². The molecule has 2 aromatic rings. The van der Waals surface area contributed by atoms with Crippen LogP contribution in [0.25, 0.3) is 6.08 Å². The predicted molar refractivity (Wildman–Crippen MR) is 72.8 cm³/mol. The monoisotopic (exact) mass is 253 g/mol. The van der Waals surface area contributed by atoms with Crippen molar-refractivity contribution in [1.82, 2.24) is 14.5 Å². The van der Waals surface area contributed by atoms with Gasteiger partial charge < -0.3 is 4.57 Å². The maximum absolute atomic E-state index is 12.1. The van der Waals surface area contributed by atoms with Crippen LogP contribution in [0.1, 0.15) is 34.7 Å². The molecule has 0 saturated carbocycles. The second-order valence-corrected chi connectivity index (χ2v) is 4.68. The molecule has 96 valence electrons. The molecule has 0 aliphatic carbocycles. The summed E-state index contributed by atoms with van der Waals surface area (Å²) in [5, 5.41) is 0. The Morgan fingerprint density at radius 3 is 3.11 bits per heavy atom. The summed E-state index contributed by atoms with van der Waals surface area (Å²) in [7, 11) is 0. The molecule has 0 spiro atoms. The molecule has 0 bridgehead atoms. The first-order chi connectivity index (χ1) is 9.33. The van der Waals surface area contributed by atoms with Gasteiger partial charge >= 0.3 is 0 Å². The topological polar surface area (TPSA) is 47.8 Å². The van der Waals surface area contributed by atoms with Gasteiger partial charge in [-0.1, -0.05) is 6.07 Å². The fourth-order valence-corrected chi connectivity index (χ4v) is 2.26. The molecule has 4 heteroatoms. The number of aromatic nitrogens is 3. The lowest BCUT2D eigenvalue weighted by atomic mass is 10.2. The molecule has 0 atom stereocenters. The normalized spacial score (nSPS) is 14.5. The van der Waals surface area contributed by atoms with Crippen molar-refractivity contribution in [3.63, 3.8) is 0 Å². The average molecular weight is 253 g/mol. The first-order valence-corrected chi connectivity index (χ1v) is 6.51. The lowest BCUT2D eigenvalue weighted by Crippen LogP contribution is -2.08. The van der Waals surface area contributed by atoms with Crippen molar-refractivity contribution in [3.05, 3.63) is 53.9 Å². The fourth-order valence-electron chi connectivity index (χ4n) is 2.26. The molecule has 0 fully saturated rings. The van der Waals surface area contributed by atoms with Gasteiger partial charge in [0, 0.05) is 31.6 Å². The lowest BCUT2D eigenvalue weighted by Gasteiger charge is -2.11. The summed E-state index contributed by atoms with van der Waals surface area (Å²) < 4.78 is 2.09. The molecule has 19 heavy (non-hydrogen) atoms. The van der Waals surface area contributed by atoms with Crippen LogP contribution in [0.4, 0.5) is 0 Å². The Balaban J connectivity index is 1.77. The van der Waals surface area contributed by atoms with Crippen molar-refractivity contribution in [2.75, 3.05) is 0 Å². The van der Waals surface area contributed by atoms with Gasteiger partial charge in [0.05, 0.1) is 0 Å². The third-order valence-electron chi connectivity index (χ3n) is 3.27. The third-order valence-corrected chi connectivity index (χ3v) is 3.27. The van der Waals surface area contributed by atoms with E-state index < -0.39 is 0 Å². The molecule has 0 aromatic carbocycles. The van der Waals surface area contributed by atoms with Crippen LogP contribution in [-0.4, -0.2) is 20.3 Å². The number of aryl methyl sites for hydroxylation is 2. The summed E-state index contributed by atoms with van der Waals surface area (Å²) >= 11 is 0. The van der Waals surface area contributed by atoms with E-state index in [1.807, 2.05) is 18.3 Å². The average Bonchev–Trinajstić information content (AvgIpc) is 2.90.